The van der Waals surface area contributed by atoms with Crippen LogP contribution in [0.1, 0.15) is 5.69 Å². The monoisotopic (exact) mass is 242 g/mol. The highest BCUT2D eigenvalue weighted by Crippen LogP contribution is 2.05. The summed E-state index contributed by atoms with van der Waals surface area (Å²) in [5, 5.41) is 16.4. The second kappa shape index (κ2) is 3.68. The van der Waals surface area contributed by atoms with E-state index >= 15 is 0 Å². The molecule has 2 heterocycles. The molecule has 16 heavy (non-hydrogen) atoms. The summed E-state index contributed by atoms with van der Waals surface area (Å²) < 4.78 is 25.0. The molecule has 0 unspecified atom stereocenters. The first kappa shape index (κ1) is 10.8. The average Bonchev–Trinajstić information content (AvgIpc) is 2.74. The lowest BCUT2D eigenvalue weighted by molar-refractivity contribution is 0.597. The Hall–Kier alpha value is -1.74. The van der Waals surface area contributed by atoms with Crippen LogP contribution in [0.2, 0.25) is 0 Å². The second-order valence-corrected chi connectivity index (χ2v) is 4.86. The molecule has 2 N–H and O–H groups in total. The molecule has 0 fully saturated rings. The molecule has 9 heteroatoms. The van der Waals surface area contributed by atoms with Crippen LogP contribution >= 0.6 is 0 Å². The first-order valence-corrected chi connectivity index (χ1v) is 5.90. The van der Waals surface area contributed by atoms with Crippen molar-refractivity contribution < 1.29 is 8.42 Å². The molecule has 0 saturated carbocycles. The smallest absolute Gasteiger partial charge is 0.241 e. The van der Waals surface area contributed by atoms with E-state index < -0.39 is 10.0 Å². The third-order valence-corrected chi connectivity index (χ3v) is 2.78. The number of nitrogens with two attached hydrogens (primary N) is 1. The molecule has 0 spiro atoms. The summed E-state index contributed by atoms with van der Waals surface area (Å²) in [6.45, 7) is 0.351. The van der Waals surface area contributed by atoms with Gasteiger partial charge in [0.1, 0.15) is 10.6 Å². The van der Waals surface area contributed by atoms with E-state index in [4.69, 9.17) is 5.14 Å². The molecule has 2 aromatic heterocycles. The zero-order valence-electron chi connectivity index (χ0n) is 8.48. The fourth-order valence-electron chi connectivity index (χ4n) is 1.21. The van der Waals surface area contributed by atoms with Crippen LogP contribution in [0.25, 0.3) is 0 Å². The fourth-order valence-corrected chi connectivity index (χ4v) is 1.67. The predicted molar refractivity (Wildman–Crippen MR) is 53.7 cm³/mol. The lowest BCUT2D eigenvalue weighted by Gasteiger charge is -1.95. The molecule has 0 aliphatic carbocycles. The van der Waals surface area contributed by atoms with Crippen LogP contribution in [0.5, 0.6) is 0 Å². The van der Waals surface area contributed by atoms with Crippen LogP contribution in [-0.2, 0) is 23.6 Å². The van der Waals surface area contributed by atoms with Crippen LogP contribution in [0.15, 0.2) is 23.5 Å². The molecule has 0 atom stereocenters. The molecule has 0 radical (unpaired) electrons. The lowest BCUT2D eigenvalue weighted by atomic mass is 10.5. The summed E-state index contributed by atoms with van der Waals surface area (Å²) in [4.78, 5) is -0.0172. The molecule has 8 nitrogen and oxygen atoms in total. The number of primary sulfonamides is 1. The van der Waals surface area contributed by atoms with Crippen LogP contribution in [0.4, 0.5) is 0 Å². The fraction of sp³-hybridized carbons (Fsp3) is 0.286. The zero-order chi connectivity index (χ0) is 11.8. The quantitative estimate of drug-likeness (QED) is 0.720. The van der Waals surface area contributed by atoms with Crippen molar-refractivity contribution in [2.75, 3.05) is 0 Å². The minimum absolute atomic E-state index is 0.0172. The number of rotatable bonds is 3. The van der Waals surface area contributed by atoms with E-state index in [1.54, 1.807) is 17.9 Å². The number of nitrogens with zero attached hydrogens (tertiary/aromatic N) is 5. The Balaban J connectivity index is 2.21. The van der Waals surface area contributed by atoms with Gasteiger partial charge in [0, 0.05) is 19.4 Å². The third kappa shape index (κ3) is 2.25. The van der Waals surface area contributed by atoms with Gasteiger partial charge in [0.15, 0.2) is 0 Å². The highest BCUT2D eigenvalue weighted by Gasteiger charge is 2.11. The summed E-state index contributed by atoms with van der Waals surface area (Å²) in [6.07, 6.45) is 4.27. The van der Waals surface area contributed by atoms with Crippen molar-refractivity contribution in [1.82, 2.24) is 24.8 Å². The Morgan fingerprint density at radius 2 is 2.19 bits per heavy atom. The molecule has 2 aromatic rings. The molecule has 2 rings (SSSR count). The van der Waals surface area contributed by atoms with E-state index in [2.05, 4.69) is 15.4 Å². The van der Waals surface area contributed by atoms with E-state index in [0.717, 1.165) is 0 Å². The molecule has 0 aliphatic rings. The van der Waals surface area contributed by atoms with Crippen LogP contribution in [0.3, 0.4) is 0 Å². The molecular formula is C7H10N6O2S. The number of aromatic nitrogens is 5. The maximum absolute atomic E-state index is 11.0. The molecule has 0 aromatic carbocycles. The van der Waals surface area contributed by atoms with Gasteiger partial charge in [0.25, 0.3) is 0 Å². The second-order valence-electron chi connectivity index (χ2n) is 3.30. The molecule has 0 aliphatic heterocycles. The van der Waals surface area contributed by atoms with Gasteiger partial charge in [-0.3, -0.25) is 9.36 Å². The summed E-state index contributed by atoms with van der Waals surface area (Å²) in [7, 11) is -1.95. The van der Waals surface area contributed by atoms with E-state index in [0.29, 0.717) is 12.2 Å². The Labute approximate surface area is 91.7 Å². The summed E-state index contributed by atoms with van der Waals surface area (Å²) in [5.74, 6) is 0. The van der Waals surface area contributed by atoms with Gasteiger partial charge >= 0.3 is 0 Å². The SMILES string of the molecule is Cn1cc(Cn2cc(S(N)(=O)=O)cn2)nn1. The first-order valence-electron chi connectivity index (χ1n) is 4.35. The van der Waals surface area contributed by atoms with E-state index in [1.807, 2.05) is 0 Å². The summed E-state index contributed by atoms with van der Waals surface area (Å²) >= 11 is 0. The third-order valence-electron chi connectivity index (χ3n) is 1.91. The highest BCUT2D eigenvalue weighted by molar-refractivity contribution is 7.89. The van der Waals surface area contributed by atoms with E-state index in [-0.39, 0.29) is 4.90 Å². The van der Waals surface area contributed by atoms with Crippen molar-refractivity contribution in [3.05, 3.63) is 24.3 Å². The van der Waals surface area contributed by atoms with Gasteiger partial charge in [0.2, 0.25) is 10.0 Å². The number of hydrogen-bond acceptors (Lipinski definition) is 5. The van der Waals surface area contributed by atoms with Crippen molar-refractivity contribution in [3.63, 3.8) is 0 Å². The Morgan fingerprint density at radius 3 is 2.69 bits per heavy atom. The molecular weight excluding hydrogens is 232 g/mol. The van der Waals surface area contributed by atoms with Gasteiger partial charge in [0.05, 0.1) is 12.7 Å². The van der Waals surface area contributed by atoms with Crippen LogP contribution in [0, 0.1) is 0 Å². The molecule has 86 valence electrons. The van der Waals surface area contributed by atoms with Crippen molar-refractivity contribution >= 4 is 10.0 Å². The van der Waals surface area contributed by atoms with Crippen molar-refractivity contribution in [3.8, 4) is 0 Å². The Bertz CT molecular complexity index is 598. The topological polar surface area (TPSA) is 109 Å². The van der Waals surface area contributed by atoms with E-state index in [1.165, 1.54) is 17.1 Å². The van der Waals surface area contributed by atoms with Crippen LogP contribution < -0.4 is 5.14 Å². The lowest BCUT2D eigenvalue weighted by Crippen LogP contribution is -2.11. The Kier molecular flexibility index (Phi) is 2.48. The number of aryl methyl sites for hydroxylation is 1. The standard InChI is InChI=1S/C7H10N6O2S/c1-12-3-6(10-11-12)4-13-5-7(2-9-13)16(8,14)15/h2-3,5H,4H2,1H3,(H2,8,14,15). The Morgan fingerprint density at radius 1 is 1.44 bits per heavy atom. The normalized spacial score (nSPS) is 11.9. The summed E-state index contributed by atoms with van der Waals surface area (Å²) in [5.41, 5.74) is 0.687. The van der Waals surface area contributed by atoms with Gasteiger partial charge in [-0.25, -0.2) is 13.6 Å². The highest BCUT2D eigenvalue weighted by atomic mass is 32.2. The van der Waals surface area contributed by atoms with Crippen molar-refractivity contribution in [2.24, 2.45) is 12.2 Å². The minimum Gasteiger partial charge on any atom is -0.265 e. The van der Waals surface area contributed by atoms with E-state index in [9.17, 15) is 8.42 Å². The van der Waals surface area contributed by atoms with Gasteiger partial charge in [-0.2, -0.15) is 5.10 Å². The molecule has 0 bridgehead atoms. The predicted octanol–water partition coefficient (Wildman–Crippen LogP) is -1.29. The van der Waals surface area contributed by atoms with Crippen molar-refractivity contribution in [2.45, 2.75) is 11.4 Å². The first-order chi connectivity index (χ1) is 7.45. The number of hydrogen-bond donors (Lipinski definition) is 1. The minimum atomic E-state index is -3.69. The summed E-state index contributed by atoms with van der Waals surface area (Å²) in [6, 6.07) is 0. The molecule has 0 saturated heterocycles. The van der Waals surface area contributed by atoms with Gasteiger partial charge < -0.3 is 0 Å². The van der Waals surface area contributed by atoms with Gasteiger partial charge in [-0.15, -0.1) is 5.10 Å². The maximum Gasteiger partial charge on any atom is 0.241 e. The maximum atomic E-state index is 11.0. The van der Waals surface area contributed by atoms with Crippen LogP contribution in [-0.4, -0.2) is 33.2 Å². The molecule has 0 amide bonds. The van der Waals surface area contributed by atoms with Gasteiger partial charge in [-0.1, -0.05) is 5.21 Å². The van der Waals surface area contributed by atoms with Crippen molar-refractivity contribution in [1.29, 1.82) is 0 Å². The zero-order valence-corrected chi connectivity index (χ0v) is 9.29. The average molecular weight is 242 g/mol. The van der Waals surface area contributed by atoms with Gasteiger partial charge in [-0.05, 0) is 0 Å². The number of sulfonamides is 1. The largest absolute Gasteiger partial charge is 0.265 e.